The minimum absolute atomic E-state index is 0.702. The van der Waals surface area contributed by atoms with Gasteiger partial charge in [-0.1, -0.05) is 44.0 Å². The van der Waals surface area contributed by atoms with Gasteiger partial charge in [-0.05, 0) is 42.5 Å². The fourth-order valence-corrected chi connectivity index (χ4v) is 3.09. The van der Waals surface area contributed by atoms with Crippen molar-refractivity contribution < 1.29 is 0 Å². The lowest BCUT2D eigenvalue weighted by molar-refractivity contribution is 0.163. The Morgan fingerprint density at radius 1 is 1.38 bits per heavy atom. The molecule has 1 aliphatic rings. The quantitative estimate of drug-likeness (QED) is 0.839. The van der Waals surface area contributed by atoms with E-state index in [4.69, 9.17) is 11.6 Å². The summed E-state index contributed by atoms with van der Waals surface area (Å²) in [7, 11) is 0. The number of hydrogen-bond donors (Lipinski definition) is 1. The summed E-state index contributed by atoms with van der Waals surface area (Å²) < 4.78 is 0. The van der Waals surface area contributed by atoms with Crippen LogP contribution in [0.4, 0.5) is 0 Å². The number of rotatable bonds is 4. The molecule has 0 aromatic heterocycles. The first-order chi connectivity index (χ1) is 7.76. The Balaban J connectivity index is 2.07. The number of nitrogens with one attached hydrogen (secondary N) is 1. The number of halogens is 1. The summed E-state index contributed by atoms with van der Waals surface area (Å²) in [6, 6.07) is 9.05. The molecule has 1 N–H and O–H groups in total. The fraction of sp³-hybridized carbons (Fsp3) is 0.571. The molecule has 1 aliphatic carbocycles. The van der Waals surface area contributed by atoms with E-state index in [2.05, 4.69) is 37.4 Å². The zero-order valence-electron chi connectivity index (χ0n) is 10.0. The smallest absolute Gasteiger partial charge is 0.0408 e. The zero-order chi connectivity index (χ0) is 11.5. The van der Waals surface area contributed by atoms with Crippen molar-refractivity contribution in [2.24, 2.45) is 5.92 Å². The molecule has 0 saturated heterocycles. The minimum Gasteiger partial charge on any atom is -0.314 e. The molecule has 2 rings (SSSR count). The molecule has 2 heteroatoms. The molecule has 0 bridgehead atoms. The standard InChI is InChI=1S/C14H20ClN/c1-3-12-13(9-14(12)16-4-2)10-6-5-7-11(15)8-10/h5-8,12-14,16H,3-4,9H2,1-2H3. The summed E-state index contributed by atoms with van der Waals surface area (Å²) in [5, 5.41) is 4.42. The number of benzene rings is 1. The molecule has 1 fully saturated rings. The van der Waals surface area contributed by atoms with Crippen LogP contribution in [0.3, 0.4) is 0 Å². The van der Waals surface area contributed by atoms with Crippen LogP contribution in [0.25, 0.3) is 0 Å². The van der Waals surface area contributed by atoms with Crippen LogP contribution in [-0.2, 0) is 0 Å². The Bertz CT molecular complexity index is 350. The molecule has 1 aromatic carbocycles. The zero-order valence-corrected chi connectivity index (χ0v) is 10.8. The highest BCUT2D eigenvalue weighted by Crippen LogP contribution is 2.44. The van der Waals surface area contributed by atoms with E-state index in [0.29, 0.717) is 12.0 Å². The first-order valence-electron chi connectivity index (χ1n) is 6.25. The van der Waals surface area contributed by atoms with Crippen LogP contribution in [0, 0.1) is 5.92 Å². The summed E-state index contributed by atoms with van der Waals surface area (Å²) in [6.07, 6.45) is 2.50. The highest BCUT2D eigenvalue weighted by atomic mass is 35.5. The van der Waals surface area contributed by atoms with Gasteiger partial charge in [0.05, 0.1) is 0 Å². The van der Waals surface area contributed by atoms with E-state index in [1.165, 1.54) is 18.4 Å². The molecule has 0 radical (unpaired) electrons. The van der Waals surface area contributed by atoms with E-state index in [9.17, 15) is 0 Å². The van der Waals surface area contributed by atoms with E-state index < -0.39 is 0 Å². The maximum Gasteiger partial charge on any atom is 0.0408 e. The molecule has 0 spiro atoms. The van der Waals surface area contributed by atoms with Crippen LogP contribution in [0.15, 0.2) is 24.3 Å². The van der Waals surface area contributed by atoms with Crippen LogP contribution in [0.5, 0.6) is 0 Å². The lowest BCUT2D eigenvalue weighted by Crippen LogP contribution is -2.48. The fourth-order valence-electron chi connectivity index (χ4n) is 2.89. The van der Waals surface area contributed by atoms with Crippen LogP contribution in [-0.4, -0.2) is 12.6 Å². The van der Waals surface area contributed by atoms with Gasteiger partial charge in [-0.25, -0.2) is 0 Å². The lowest BCUT2D eigenvalue weighted by Gasteiger charge is -2.45. The topological polar surface area (TPSA) is 12.0 Å². The summed E-state index contributed by atoms with van der Waals surface area (Å²) in [5.41, 5.74) is 1.41. The van der Waals surface area contributed by atoms with E-state index in [1.54, 1.807) is 0 Å². The monoisotopic (exact) mass is 237 g/mol. The van der Waals surface area contributed by atoms with Crippen molar-refractivity contribution in [3.05, 3.63) is 34.9 Å². The van der Waals surface area contributed by atoms with Gasteiger partial charge in [-0.2, -0.15) is 0 Å². The molecule has 3 atom stereocenters. The highest BCUT2D eigenvalue weighted by molar-refractivity contribution is 6.30. The van der Waals surface area contributed by atoms with Gasteiger partial charge >= 0.3 is 0 Å². The summed E-state index contributed by atoms with van der Waals surface area (Å²) in [6.45, 7) is 5.54. The van der Waals surface area contributed by atoms with Gasteiger partial charge in [-0.3, -0.25) is 0 Å². The largest absolute Gasteiger partial charge is 0.314 e. The average molecular weight is 238 g/mol. The van der Waals surface area contributed by atoms with Gasteiger partial charge in [-0.15, -0.1) is 0 Å². The molecule has 0 aliphatic heterocycles. The molecule has 0 amide bonds. The van der Waals surface area contributed by atoms with E-state index in [-0.39, 0.29) is 0 Å². The third-order valence-corrected chi connectivity index (χ3v) is 3.99. The van der Waals surface area contributed by atoms with Gasteiger partial charge < -0.3 is 5.32 Å². The van der Waals surface area contributed by atoms with Crippen LogP contribution in [0.1, 0.15) is 38.2 Å². The highest BCUT2D eigenvalue weighted by Gasteiger charge is 2.39. The third-order valence-electron chi connectivity index (χ3n) is 3.76. The van der Waals surface area contributed by atoms with Crippen LogP contribution in [0.2, 0.25) is 5.02 Å². The third kappa shape index (κ3) is 2.26. The SMILES string of the molecule is CCNC1CC(c2cccc(Cl)c2)C1CC. The summed E-state index contributed by atoms with van der Waals surface area (Å²) >= 11 is 6.04. The Morgan fingerprint density at radius 2 is 2.19 bits per heavy atom. The summed E-state index contributed by atoms with van der Waals surface area (Å²) in [4.78, 5) is 0. The molecule has 1 nitrogen and oxygen atoms in total. The first-order valence-corrected chi connectivity index (χ1v) is 6.62. The molecule has 1 aromatic rings. The Hall–Kier alpha value is -0.530. The maximum absolute atomic E-state index is 6.04. The van der Waals surface area contributed by atoms with Gasteiger partial charge in [0.2, 0.25) is 0 Å². The van der Waals surface area contributed by atoms with Crippen LogP contribution >= 0.6 is 11.6 Å². The lowest BCUT2D eigenvalue weighted by atomic mass is 9.65. The molecule has 3 unspecified atom stereocenters. The molecule has 1 saturated carbocycles. The molecule has 16 heavy (non-hydrogen) atoms. The first kappa shape index (κ1) is 11.9. The second-order valence-corrected chi connectivity index (χ2v) is 5.07. The van der Waals surface area contributed by atoms with Crippen molar-refractivity contribution >= 4 is 11.6 Å². The molecule has 0 heterocycles. The van der Waals surface area contributed by atoms with Gasteiger partial charge in [0.15, 0.2) is 0 Å². The maximum atomic E-state index is 6.04. The van der Waals surface area contributed by atoms with Crippen molar-refractivity contribution in [3.8, 4) is 0 Å². The predicted octanol–water partition coefficient (Wildman–Crippen LogP) is 3.83. The predicted molar refractivity (Wildman–Crippen MR) is 70.1 cm³/mol. The second kappa shape index (κ2) is 5.20. The van der Waals surface area contributed by atoms with Crippen molar-refractivity contribution in [3.63, 3.8) is 0 Å². The molecule has 88 valence electrons. The Kier molecular flexibility index (Phi) is 3.88. The summed E-state index contributed by atoms with van der Waals surface area (Å²) in [5.74, 6) is 1.48. The van der Waals surface area contributed by atoms with Crippen molar-refractivity contribution in [2.45, 2.75) is 38.6 Å². The Labute approximate surface area is 103 Å². The molecular weight excluding hydrogens is 218 g/mol. The minimum atomic E-state index is 0.702. The van der Waals surface area contributed by atoms with E-state index in [1.807, 2.05) is 6.07 Å². The van der Waals surface area contributed by atoms with Crippen molar-refractivity contribution in [2.75, 3.05) is 6.54 Å². The van der Waals surface area contributed by atoms with Gasteiger partial charge in [0.25, 0.3) is 0 Å². The molecular formula is C14H20ClN. The van der Waals surface area contributed by atoms with Gasteiger partial charge in [0.1, 0.15) is 0 Å². The Morgan fingerprint density at radius 3 is 2.81 bits per heavy atom. The number of hydrogen-bond acceptors (Lipinski definition) is 1. The van der Waals surface area contributed by atoms with Crippen molar-refractivity contribution in [1.82, 2.24) is 5.32 Å². The average Bonchev–Trinajstić information content (AvgIpc) is 2.24. The normalized spacial score (nSPS) is 28.8. The van der Waals surface area contributed by atoms with Crippen LogP contribution < -0.4 is 5.32 Å². The van der Waals surface area contributed by atoms with E-state index >= 15 is 0 Å². The van der Waals surface area contributed by atoms with Crippen molar-refractivity contribution in [1.29, 1.82) is 0 Å². The van der Waals surface area contributed by atoms with E-state index in [0.717, 1.165) is 17.5 Å². The van der Waals surface area contributed by atoms with Gasteiger partial charge in [0, 0.05) is 11.1 Å². The second-order valence-electron chi connectivity index (χ2n) is 4.63.